The minimum Gasteiger partial charge on any atom is -0.477 e. The van der Waals surface area contributed by atoms with Crippen molar-refractivity contribution in [2.75, 3.05) is 11.5 Å². The Morgan fingerprint density at radius 2 is 1.97 bits per heavy atom. The molecule has 1 saturated heterocycles. The summed E-state index contributed by atoms with van der Waals surface area (Å²) < 4.78 is 0. The van der Waals surface area contributed by atoms with E-state index >= 15 is 0 Å². The average Bonchev–Trinajstić information content (AvgIpc) is 2.76. The Bertz CT molecular complexity index is 998. The van der Waals surface area contributed by atoms with Crippen molar-refractivity contribution in [1.29, 1.82) is 0 Å². The van der Waals surface area contributed by atoms with Gasteiger partial charge in [-0.1, -0.05) is 36.4 Å². The van der Waals surface area contributed by atoms with E-state index in [1.54, 1.807) is 6.20 Å². The zero-order valence-corrected chi connectivity index (χ0v) is 17.5. The molecular weight excluding hydrogens is 422 g/mol. The van der Waals surface area contributed by atoms with Gasteiger partial charge in [-0.25, -0.2) is 9.78 Å². The minimum atomic E-state index is -1.13. The molecule has 2 aliphatic heterocycles. The van der Waals surface area contributed by atoms with E-state index in [2.05, 4.69) is 10.3 Å². The Morgan fingerprint density at radius 3 is 2.67 bits per heavy atom. The van der Waals surface area contributed by atoms with Gasteiger partial charge in [0.1, 0.15) is 17.1 Å². The van der Waals surface area contributed by atoms with Gasteiger partial charge in [0.2, 0.25) is 5.91 Å². The zero-order chi connectivity index (χ0) is 21.1. The molecule has 9 heteroatoms. The number of aliphatic carboxylic acids is 1. The first-order valence-electron chi connectivity index (χ1n) is 9.31. The summed E-state index contributed by atoms with van der Waals surface area (Å²) in [7, 11) is 0. The number of nitrogens with zero attached hydrogens (tertiary/aromatic N) is 2. The lowest BCUT2D eigenvalue weighted by atomic mass is 10.0. The van der Waals surface area contributed by atoms with Gasteiger partial charge in [-0.05, 0) is 23.3 Å². The number of pyridine rings is 1. The molecule has 0 bridgehead atoms. The number of carboxylic acids is 1. The fourth-order valence-corrected chi connectivity index (χ4v) is 5.74. The van der Waals surface area contributed by atoms with Crippen molar-refractivity contribution in [3.63, 3.8) is 0 Å². The van der Waals surface area contributed by atoms with Crippen molar-refractivity contribution in [3.8, 4) is 0 Å². The summed E-state index contributed by atoms with van der Waals surface area (Å²) in [4.78, 5) is 42.5. The molecule has 2 aromatic rings. The van der Waals surface area contributed by atoms with Crippen molar-refractivity contribution in [2.45, 2.75) is 22.9 Å². The molecule has 0 unspecified atom stereocenters. The van der Waals surface area contributed by atoms with Crippen LogP contribution in [0.15, 0.2) is 71.0 Å². The molecule has 0 spiro atoms. The number of carboxylic acid groups (broad SMARTS) is 1. The third kappa shape index (κ3) is 4.22. The third-order valence-corrected chi connectivity index (χ3v) is 7.18. The second-order valence-electron chi connectivity index (χ2n) is 6.83. The lowest BCUT2D eigenvalue weighted by Crippen LogP contribution is -2.70. The number of hydrogen-bond acceptors (Lipinski definition) is 6. The van der Waals surface area contributed by atoms with Gasteiger partial charge in [0.25, 0.3) is 5.91 Å². The van der Waals surface area contributed by atoms with Gasteiger partial charge in [0.05, 0.1) is 11.4 Å². The molecule has 2 aliphatic rings. The number of carbonyl (C=O) groups excluding carboxylic acids is 2. The van der Waals surface area contributed by atoms with Crippen LogP contribution in [0.1, 0.15) is 5.56 Å². The molecule has 2 atom stereocenters. The monoisotopic (exact) mass is 441 g/mol. The summed E-state index contributed by atoms with van der Waals surface area (Å²) in [6, 6.07) is 14.1. The Morgan fingerprint density at radius 1 is 1.20 bits per heavy atom. The maximum absolute atomic E-state index is 12.7. The second kappa shape index (κ2) is 8.93. The first-order chi connectivity index (χ1) is 14.5. The molecule has 0 radical (unpaired) electrons. The predicted octanol–water partition coefficient (Wildman–Crippen LogP) is 2.16. The number of fused-ring (bicyclic) bond motifs is 1. The summed E-state index contributed by atoms with van der Waals surface area (Å²) in [5, 5.41) is 12.9. The van der Waals surface area contributed by atoms with Crippen LogP contribution in [0, 0.1) is 0 Å². The van der Waals surface area contributed by atoms with E-state index in [9.17, 15) is 19.5 Å². The molecule has 4 rings (SSSR count). The van der Waals surface area contributed by atoms with Crippen LogP contribution in [0.2, 0.25) is 0 Å². The molecule has 154 valence electrons. The number of β-lactam (4-membered cyclic amide) rings is 1. The molecule has 1 aromatic carbocycles. The molecule has 0 aliphatic carbocycles. The molecule has 0 saturated carbocycles. The molecule has 2 N–H and O–H groups in total. The van der Waals surface area contributed by atoms with Crippen molar-refractivity contribution in [3.05, 3.63) is 71.6 Å². The number of benzene rings is 1. The van der Waals surface area contributed by atoms with Crippen molar-refractivity contribution < 1.29 is 19.5 Å². The predicted molar refractivity (Wildman–Crippen MR) is 115 cm³/mol. The summed E-state index contributed by atoms with van der Waals surface area (Å²) in [5.41, 5.74) is 1.57. The maximum Gasteiger partial charge on any atom is 0.352 e. The molecule has 30 heavy (non-hydrogen) atoms. The molecular formula is C21H19N3O4S2. The van der Waals surface area contributed by atoms with Crippen molar-refractivity contribution in [2.24, 2.45) is 0 Å². The van der Waals surface area contributed by atoms with Gasteiger partial charge in [-0.3, -0.25) is 14.5 Å². The Hall–Kier alpha value is -2.78. The van der Waals surface area contributed by atoms with Gasteiger partial charge in [-0.15, -0.1) is 23.5 Å². The van der Waals surface area contributed by atoms with E-state index in [1.165, 1.54) is 28.4 Å². The van der Waals surface area contributed by atoms with E-state index in [0.29, 0.717) is 17.1 Å². The topological polar surface area (TPSA) is 99.6 Å². The lowest BCUT2D eigenvalue weighted by Gasteiger charge is -2.49. The quantitative estimate of drug-likeness (QED) is 0.502. The summed E-state index contributed by atoms with van der Waals surface area (Å²) in [6.45, 7) is 0. The SMILES string of the molecule is O=C(Cc1ccccc1)N[C@@H]1C(=O)N2C(C(=O)O)=C(CSc3ccccn3)CS[C@H]12. The number of carbonyl (C=O) groups is 3. The van der Waals surface area contributed by atoms with Gasteiger partial charge in [0.15, 0.2) is 0 Å². The van der Waals surface area contributed by atoms with Crippen LogP contribution in [0.25, 0.3) is 0 Å². The molecule has 3 heterocycles. The molecule has 1 aromatic heterocycles. The van der Waals surface area contributed by atoms with Gasteiger partial charge in [-0.2, -0.15) is 0 Å². The molecule has 2 amide bonds. The minimum absolute atomic E-state index is 0.0285. The summed E-state index contributed by atoms with van der Waals surface area (Å²) in [5.74, 6) is -0.837. The first-order valence-corrected chi connectivity index (χ1v) is 11.3. The van der Waals surface area contributed by atoms with Crippen LogP contribution in [0.3, 0.4) is 0 Å². The smallest absolute Gasteiger partial charge is 0.352 e. The first kappa shape index (κ1) is 20.5. The fraction of sp³-hybridized carbons (Fsp3) is 0.238. The number of rotatable bonds is 7. The van der Waals surface area contributed by atoms with Crippen molar-refractivity contribution >= 4 is 41.3 Å². The highest BCUT2D eigenvalue weighted by Gasteiger charge is 2.54. The van der Waals surface area contributed by atoms with Gasteiger partial charge >= 0.3 is 5.97 Å². The number of amides is 2. The fourth-order valence-electron chi connectivity index (χ4n) is 3.39. The normalized spacial score (nSPS) is 20.4. The van der Waals surface area contributed by atoms with Crippen molar-refractivity contribution in [1.82, 2.24) is 15.2 Å². The lowest BCUT2D eigenvalue weighted by molar-refractivity contribution is -0.150. The highest BCUT2D eigenvalue weighted by molar-refractivity contribution is 8.01. The van der Waals surface area contributed by atoms with Crippen LogP contribution >= 0.6 is 23.5 Å². The van der Waals surface area contributed by atoms with Crippen LogP contribution in [0.4, 0.5) is 0 Å². The highest BCUT2D eigenvalue weighted by atomic mass is 32.2. The second-order valence-corrected chi connectivity index (χ2v) is 8.93. The number of aromatic nitrogens is 1. The van der Waals surface area contributed by atoms with E-state index in [0.717, 1.165) is 10.6 Å². The Kier molecular flexibility index (Phi) is 6.10. The van der Waals surface area contributed by atoms with E-state index in [-0.39, 0.29) is 23.9 Å². The largest absolute Gasteiger partial charge is 0.477 e. The van der Waals surface area contributed by atoms with Crippen LogP contribution < -0.4 is 5.32 Å². The number of nitrogens with one attached hydrogen (secondary N) is 1. The van der Waals surface area contributed by atoms with Gasteiger partial charge < -0.3 is 10.4 Å². The molecule has 1 fully saturated rings. The molecule has 7 nitrogen and oxygen atoms in total. The standard InChI is InChI=1S/C21H19N3O4S2/c25-15(10-13-6-2-1-3-7-13)23-17-19(26)24-18(21(27)28)14(12-30-20(17)24)11-29-16-8-4-5-9-22-16/h1-9,17,20H,10-12H2,(H,23,25)(H,27,28)/t17-,20-/m1/s1. The average molecular weight is 442 g/mol. The van der Waals surface area contributed by atoms with Gasteiger partial charge in [0, 0.05) is 17.7 Å². The van der Waals surface area contributed by atoms with Crippen LogP contribution in [-0.4, -0.2) is 55.7 Å². The third-order valence-electron chi connectivity index (χ3n) is 4.81. The zero-order valence-electron chi connectivity index (χ0n) is 15.9. The van der Waals surface area contributed by atoms with E-state index < -0.39 is 17.4 Å². The summed E-state index contributed by atoms with van der Waals surface area (Å²) in [6.07, 6.45) is 1.86. The van der Waals surface area contributed by atoms with E-state index in [1.807, 2.05) is 48.5 Å². The Balaban J connectivity index is 1.43. The van der Waals surface area contributed by atoms with Crippen LogP contribution in [0.5, 0.6) is 0 Å². The number of thioether (sulfide) groups is 2. The maximum atomic E-state index is 12.7. The van der Waals surface area contributed by atoms with Crippen LogP contribution in [-0.2, 0) is 20.8 Å². The Labute approximate surface area is 181 Å². The van der Waals surface area contributed by atoms with E-state index in [4.69, 9.17) is 0 Å². The summed E-state index contributed by atoms with van der Waals surface area (Å²) >= 11 is 2.91. The number of hydrogen-bond donors (Lipinski definition) is 2. The highest BCUT2D eigenvalue weighted by Crippen LogP contribution is 2.41.